The van der Waals surface area contributed by atoms with Crippen LogP contribution in [0, 0.1) is 4.91 Å². The van der Waals surface area contributed by atoms with Crippen LogP contribution >= 0.6 is 11.3 Å². The Hall–Kier alpha value is -3.32. The van der Waals surface area contributed by atoms with E-state index in [-0.39, 0.29) is 11.6 Å². The first kappa shape index (κ1) is 16.2. The summed E-state index contributed by atoms with van der Waals surface area (Å²) < 4.78 is 1.88. The monoisotopic (exact) mass is 362 g/mol. The van der Waals surface area contributed by atoms with Gasteiger partial charge in [-0.2, -0.15) is 0 Å². The number of carbonyl (C=O) groups excluding carboxylic acids is 1. The Bertz CT molecular complexity index is 1120. The van der Waals surface area contributed by atoms with E-state index < -0.39 is 0 Å². The highest BCUT2D eigenvalue weighted by Crippen LogP contribution is 2.33. The molecule has 0 bridgehead atoms. The molecule has 0 aliphatic rings. The molecule has 0 radical (unpaired) electrons. The van der Waals surface area contributed by atoms with Crippen LogP contribution in [-0.4, -0.2) is 15.5 Å². The molecule has 0 spiro atoms. The molecule has 26 heavy (non-hydrogen) atoms. The van der Waals surface area contributed by atoms with Crippen LogP contribution in [-0.2, 0) is 7.05 Å². The van der Waals surface area contributed by atoms with Gasteiger partial charge >= 0.3 is 0 Å². The van der Waals surface area contributed by atoms with Crippen molar-refractivity contribution in [2.75, 3.05) is 5.32 Å². The topological polar surface area (TPSA) is 76.3 Å². The quantitative estimate of drug-likeness (QED) is 0.522. The lowest BCUT2D eigenvalue weighted by Gasteiger charge is -2.09. The van der Waals surface area contributed by atoms with Gasteiger partial charge in [-0.3, -0.25) is 4.79 Å². The number of hydrogen-bond acceptors (Lipinski definition) is 5. The molecule has 0 saturated heterocycles. The molecule has 0 fully saturated rings. The van der Waals surface area contributed by atoms with Crippen LogP contribution in [0.1, 0.15) is 10.4 Å². The van der Waals surface area contributed by atoms with E-state index in [2.05, 4.69) is 15.5 Å². The molecule has 7 heteroatoms. The molecule has 0 unspecified atom stereocenters. The van der Waals surface area contributed by atoms with Crippen molar-refractivity contribution < 1.29 is 4.79 Å². The number of amides is 1. The highest BCUT2D eigenvalue weighted by Gasteiger charge is 2.13. The highest BCUT2D eigenvalue weighted by molar-refractivity contribution is 7.13. The molecular formula is C19H14N4O2S. The fraction of sp³-hybridized carbons (Fsp3) is 0.0526. The molecule has 0 atom stereocenters. The molecule has 6 nitrogen and oxygen atoms in total. The maximum atomic E-state index is 12.6. The zero-order valence-corrected chi connectivity index (χ0v) is 14.7. The Morgan fingerprint density at radius 1 is 1.19 bits per heavy atom. The molecule has 2 heterocycles. The molecule has 2 aromatic heterocycles. The summed E-state index contributed by atoms with van der Waals surface area (Å²) in [7, 11) is 1.90. The summed E-state index contributed by atoms with van der Waals surface area (Å²) in [5, 5.41) is 7.78. The summed E-state index contributed by atoms with van der Waals surface area (Å²) in [5.41, 5.74) is 3.64. The zero-order valence-electron chi connectivity index (χ0n) is 13.8. The number of nitrogens with zero attached hydrogens (tertiary/aromatic N) is 3. The van der Waals surface area contributed by atoms with Crippen molar-refractivity contribution in [2.24, 2.45) is 12.2 Å². The van der Waals surface area contributed by atoms with Crippen LogP contribution in [0.2, 0.25) is 0 Å². The second kappa shape index (κ2) is 6.53. The molecule has 1 N–H and O–H groups in total. The van der Waals surface area contributed by atoms with Gasteiger partial charge in [-0.1, -0.05) is 12.1 Å². The lowest BCUT2D eigenvalue weighted by Crippen LogP contribution is -2.12. The Labute approximate surface area is 153 Å². The largest absolute Gasteiger partial charge is 0.334 e. The van der Waals surface area contributed by atoms with Crippen LogP contribution in [0.3, 0.4) is 0 Å². The predicted octanol–water partition coefficient (Wildman–Crippen LogP) is 4.95. The van der Waals surface area contributed by atoms with E-state index in [1.54, 1.807) is 41.9 Å². The third kappa shape index (κ3) is 2.89. The molecular weight excluding hydrogens is 348 g/mol. The highest BCUT2D eigenvalue weighted by atomic mass is 32.1. The number of fused-ring (bicyclic) bond motifs is 1. The number of aryl methyl sites for hydroxylation is 1. The van der Waals surface area contributed by atoms with Gasteiger partial charge in [0.1, 0.15) is 5.69 Å². The maximum Gasteiger partial charge on any atom is 0.255 e. The normalized spacial score (nSPS) is 10.8. The fourth-order valence-corrected chi connectivity index (χ4v) is 3.51. The van der Waals surface area contributed by atoms with Crippen molar-refractivity contribution in [1.29, 1.82) is 0 Å². The lowest BCUT2D eigenvalue weighted by atomic mass is 10.1. The minimum atomic E-state index is -0.314. The van der Waals surface area contributed by atoms with Gasteiger partial charge in [-0.15, -0.1) is 16.2 Å². The number of benzene rings is 2. The maximum absolute atomic E-state index is 12.6. The molecule has 0 aliphatic carbocycles. The number of nitroso groups, excluding NO2 is 1. The van der Waals surface area contributed by atoms with Gasteiger partial charge in [0.05, 0.1) is 23.0 Å². The van der Waals surface area contributed by atoms with Gasteiger partial charge in [0, 0.05) is 17.5 Å². The van der Waals surface area contributed by atoms with E-state index in [0.29, 0.717) is 11.3 Å². The summed E-state index contributed by atoms with van der Waals surface area (Å²) in [4.78, 5) is 29.1. The van der Waals surface area contributed by atoms with Crippen molar-refractivity contribution in [3.05, 3.63) is 70.7 Å². The third-order valence-corrected chi connectivity index (χ3v) is 5.06. The van der Waals surface area contributed by atoms with Gasteiger partial charge in [-0.25, -0.2) is 4.98 Å². The molecule has 128 valence electrons. The van der Waals surface area contributed by atoms with Gasteiger partial charge in [0.25, 0.3) is 5.91 Å². The van der Waals surface area contributed by atoms with E-state index in [1.165, 1.54) is 0 Å². The third-order valence-electron chi connectivity index (χ3n) is 4.14. The van der Waals surface area contributed by atoms with Gasteiger partial charge < -0.3 is 9.88 Å². The summed E-state index contributed by atoms with van der Waals surface area (Å²) >= 11 is 1.59. The molecule has 1 amide bonds. The van der Waals surface area contributed by atoms with Crippen LogP contribution in [0.4, 0.5) is 11.4 Å². The Balaban J connectivity index is 1.67. The first-order valence-corrected chi connectivity index (χ1v) is 8.77. The summed E-state index contributed by atoms with van der Waals surface area (Å²) in [6.45, 7) is 0. The minimum Gasteiger partial charge on any atom is -0.334 e. The van der Waals surface area contributed by atoms with Crippen LogP contribution in [0.25, 0.3) is 21.5 Å². The SMILES string of the molecule is Cn1cnc2cc(C(=O)Nc3cc(-c4cccs4)ccc3N=O)ccc21. The average molecular weight is 362 g/mol. The standard InChI is InChI=1S/C19H14N4O2S/c1-23-11-20-16-10-13(5-7-17(16)23)19(24)21-15-9-12(4-6-14(15)22-25)18-3-2-8-26-18/h2-11H,1H3,(H,21,24). The molecule has 0 aliphatic heterocycles. The van der Waals surface area contributed by atoms with E-state index >= 15 is 0 Å². The Morgan fingerprint density at radius 2 is 2.08 bits per heavy atom. The number of aromatic nitrogens is 2. The van der Waals surface area contributed by atoms with E-state index in [1.807, 2.05) is 41.3 Å². The van der Waals surface area contributed by atoms with Crippen LogP contribution in [0.15, 0.2) is 65.4 Å². The summed E-state index contributed by atoms with van der Waals surface area (Å²) in [6.07, 6.45) is 1.70. The van der Waals surface area contributed by atoms with Crippen molar-refractivity contribution in [3.8, 4) is 10.4 Å². The van der Waals surface area contributed by atoms with Crippen molar-refractivity contribution in [3.63, 3.8) is 0 Å². The first-order valence-electron chi connectivity index (χ1n) is 7.89. The van der Waals surface area contributed by atoms with Gasteiger partial charge in [0.2, 0.25) is 0 Å². The predicted molar refractivity (Wildman–Crippen MR) is 104 cm³/mol. The fourth-order valence-electron chi connectivity index (χ4n) is 2.78. The minimum absolute atomic E-state index is 0.192. The van der Waals surface area contributed by atoms with E-state index in [4.69, 9.17) is 0 Å². The Kier molecular flexibility index (Phi) is 4.06. The van der Waals surface area contributed by atoms with E-state index in [9.17, 15) is 9.70 Å². The number of nitrogens with one attached hydrogen (secondary N) is 1. The van der Waals surface area contributed by atoms with E-state index in [0.717, 1.165) is 21.5 Å². The van der Waals surface area contributed by atoms with Crippen molar-refractivity contribution in [2.45, 2.75) is 0 Å². The molecule has 0 saturated carbocycles. The average Bonchev–Trinajstić information content (AvgIpc) is 3.32. The summed E-state index contributed by atoms with van der Waals surface area (Å²) in [6, 6.07) is 14.4. The second-order valence-corrected chi connectivity index (χ2v) is 6.76. The summed E-state index contributed by atoms with van der Waals surface area (Å²) in [5.74, 6) is -0.314. The smallest absolute Gasteiger partial charge is 0.255 e. The van der Waals surface area contributed by atoms with Gasteiger partial charge in [0.15, 0.2) is 0 Å². The van der Waals surface area contributed by atoms with Crippen LogP contribution in [0.5, 0.6) is 0 Å². The number of carbonyl (C=O) groups is 1. The number of thiophene rings is 1. The van der Waals surface area contributed by atoms with Crippen LogP contribution < -0.4 is 5.32 Å². The number of rotatable bonds is 4. The molecule has 4 aromatic rings. The van der Waals surface area contributed by atoms with Crippen molar-refractivity contribution in [1.82, 2.24) is 9.55 Å². The number of anilines is 1. The lowest BCUT2D eigenvalue weighted by molar-refractivity contribution is 0.102. The Morgan fingerprint density at radius 3 is 2.85 bits per heavy atom. The zero-order chi connectivity index (χ0) is 18.1. The second-order valence-electron chi connectivity index (χ2n) is 5.81. The van der Waals surface area contributed by atoms with Gasteiger partial charge in [-0.05, 0) is 52.5 Å². The first-order chi connectivity index (χ1) is 12.7. The molecule has 2 aromatic carbocycles. The molecule has 4 rings (SSSR count). The number of hydrogen-bond donors (Lipinski definition) is 1. The number of imidazole rings is 1. The van der Waals surface area contributed by atoms with Crippen molar-refractivity contribution >= 4 is 39.7 Å².